The highest BCUT2D eigenvalue weighted by molar-refractivity contribution is 6.04. The van der Waals surface area contributed by atoms with Crippen molar-refractivity contribution in [3.63, 3.8) is 0 Å². The second kappa shape index (κ2) is 6.03. The molecule has 23 heavy (non-hydrogen) atoms. The zero-order valence-corrected chi connectivity index (χ0v) is 11.2. The molecule has 2 rings (SSSR count). The standard InChI is InChI=1S/C14H8F4N2O3/c15-11-4-2-1-3-9(11)13(21)19-8-5-6-12(20(22)23)10(7-8)14(16,17)18/h1-7H,(H,19,21). The van der Waals surface area contributed by atoms with E-state index in [0.717, 1.165) is 18.2 Å². The molecular formula is C14H8F4N2O3. The smallest absolute Gasteiger partial charge is 0.322 e. The largest absolute Gasteiger partial charge is 0.423 e. The summed E-state index contributed by atoms with van der Waals surface area (Å²) >= 11 is 0. The lowest BCUT2D eigenvalue weighted by Gasteiger charge is -2.11. The Morgan fingerprint density at radius 2 is 1.78 bits per heavy atom. The Morgan fingerprint density at radius 3 is 2.35 bits per heavy atom. The normalized spacial score (nSPS) is 11.1. The van der Waals surface area contributed by atoms with E-state index in [2.05, 4.69) is 5.32 Å². The van der Waals surface area contributed by atoms with E-state index < -0.39 is 34.1 Å². The van der Waals surface area contributed by atoms with Gasteiger partial charge in [0, 0.05) is 11.8 Å². The van der Waals surface area contributed by atoms with E-state index in [4.69, 9.17) is 0 Å². The summed E-state index contributed by atoms with van der Waals surface area (Å²) in [7, 11) is 0. The molecule has 2 aromatic rings. The predicted octanol–water partition coefficient (Wildman–Crippen LogP) is 4.01. The molecule has 0 saturated heterocycles. The molecule has 0 aliphatic carbocycles. The van der Waals surface area contributed by atoms with Crippen molar-refractivity contribution in [2.45, 2.75) is 6.18 Å². The average molecular weight is 328 g/mol. The van der Waals surface area contributed by atoms with E-state index in [0.29, 0.717) is 12.1 Å². The quantitative estimate of drug-likeness (QED) is 0.526. The number of carbonyl (C=O) groups excluding carboxylic acids is 1. The number of benzene rings is 2. The summed E-state index contributed by atoms with van der Waals surface area (Å²) in [4.78, 5) is 21.3. The van der Waals surface area contributed by atoms with Crippen molar-refractivity contribution in [2.24, 2.45) is 0 Å². The minimum atomic E-state index is -4.97. The minimum Gasteiger partial charge on any atom is -0.322 e. The van der Waals surface area contributed by atoms with Crippen LogP contribution >= 0.6 is 0 Å². The van der Waals surface area contributed by atoms with E-state index in [1.165, 1.54) is 12.1 Å². The Bertz CT molecular complexity index is 775. The highest BCUT2D eigenvalue weighted by atomic mass is 19.4. The molecule has 1 N–H and O–H groups in total. The van der Waals surface area contributed by atoms with Crippen LogP contribution in [0.2, 0.25) is 0 Å². The first-order valence-electron chi connectivity index (χ1n) is 6.11. The number of nitro benzene ring substituents is 1. The van der Waals surface area contributed by atoms with Gasteiger partial charge >= 0.3 is 6.18 Å². The fraction of sp³-hybridized carbons (Fsp3) is 0.0714. The number of nitrogens with one attached hydrogen (secondary N) is 1. The Balaban J connectivity index is 2.36. The number of hydrogen-bond acceptors (Lipinski definition) is 3. The van der Waals surface area contributed by atoms with Crippen molar-refractivity contribution in [3.05, 3.63) is 69.5 Å². The van der Waals surface area contributed by atoms with Crippen molar-refractivity contribution in [2.75, 3.05) is 5.32 Å². The van der Waals surface area contributed by atoms with Gasteiger partial charge < -0.3 is 5.32 Å². The number of carbonyl (C=O) groups is 1. The number of nitro groups is 1. The van der Waals surface area contributed by atoms with Crippen molar-refractivity contribution >= 4 is 17.3 Å². The van der Waals surface area contributed by atoms with Gasteiger partial charge in [0.1, 0.15) is 11.4 Å². The Hall–Kier alpha value is -2.97. The molecule has 0 spiro atoms. The molecule has 0 aliphatic heterocycles. The van der Waals surface area contributed by atoms with Crippen molar-refractivity contribution in [1.29, 1.82) is 0 Å². The van der Waals surface area contributed by atoms with Gasteiger partial charge in [0.05, 0.1) is 10.5 Å². The molecule has 1 amide bonds. The van der Waals surface area contributed by atoms with Crippen LogP contribution in [0.4, 0.5) is 28.9 Å². The number of nitrogens with zero attached hydrogens (tertiary/aromatic N) is 1. The summed E-state index contributed by atoms with van der Waals surface area (Å²) in [6, 6.07) is 6.89. The molecule has 0 bridgehead atoms. The van der Waals surface area contributed by atoms with E-state index in [1.807, 2.05) is 0 Å². The second-order valence-corrected chi connectivity index (χ2v) is 4.42. The molecule has 0 heterocycles. The molecule has 9 heteroatoms. The molecule has 0 aliphatic rings. The van der Waals surface area contributed by atoms with Crippen LogP contribution in [0.1, 0.15) is 15.9 Å². The van der Waals surface area contributed by atoms with Gasteiger partial charge in [-0.25, -0.2) is 4.39 Å². The maximum atomic E-state index is 13.5. The highest BCUT2D eigenvalue weighted by Crippen LogP contribution is 2.37. The summed E-state index contributed by atoms with van der Waals surface area (Å²) in [5, 5.41) is 12.7. The summed E-state index contributed by atoms with van der Waals surface area (Å²) in [6.45, 7) is 0. The molecule has 0 atom stereocenters. The van der Waals surface area contributed by atoms with Crippen LogP contribution in [0.15, 0.2) is 42.5 Å². The van der Waals surface area contributed by atoms with Crippen molar-refractivity contribution in [3.8, 4) is 0 Å². The molecule has 0 saturated carbocycles. The molecule has 0 fully saturated rings. The van der Waals surface area contributed by atoms with Gasteiger partial charge in [-0.15, -0.1) is 0 Å². The zero-order chi connectivity index (χ0) is 17.2. The Kier molecular flexibility index (Phi) is 4.30. The summed E-state index contributed by atoms with van der Waals surface area (Å²) in [5.41, 5.74) is -3.34. The van der Waals surface area contributed by atoms with E-state index >= 15 is 0 Å². The number of alkyl halides is 3. The zero-order valence-electron chi connectivity index (χ0n) is 11.2. The summed E-state index contributed by atoms with van der Waals surface area (Å²) < 4.78 is 52.0. The first kappa shape index (κ1) is 16.4. The molecule has 120 valence electrons. The lowest BCUT2D eigenvalue weighted by molar-refractivity contribution is -0.388. The third-order valence-corrected chi connectivity index (χ3v) is 2.88. The third-order valence-electron chi connectivity index (χ3n) is 2.88. The fourth-order valence-electron chi connectivity index (χ4n) is 1.84. The van der Waals surface area contributed by atoms with E-state index in [-0.39, 0.29) is 11.3 Å². The van der Waals surface area contributed by atoms with Crippen LogP contribution in [0.25, 0.3) is 0 Å². The fourth-order valence-corrected chi connectivity index (χ4v) is 1.84. The first-order valence-corrected chi connectivity index (χ1v) is 6.11. The van der Waals surface area contributed by atoms with Crippen molar-refractivity contribution < 1.29 is 27.3 Å². The minimum absolute atomic E-state index is 0.337. The van der Waals surface area contributed by atoms with Crippen LogP contribution < -0.4 is 5.32 Å². The van der Waals surface area contributed by atoms with Gasteiger partial charge in [-0.2, -0.15) is 13.2 Å². The summed E-state index contributed by atoms with van der Waals surface area (Å²) in [5.74, 6) is -1.81. The lowest BCUT2D eigenvalue weighted by atomic mass is 10.1. The van der Waals surface area contributed by atoms with Gasteiger partial charge in [0.2, 0.25) is 0 Å². The lowest BCUT2D eigenvalue weighted by Crippen LogP contribution is -2.15. The third kappa shape index (κ3) is 3.62. The van der Waals surface area contributed by atoms with Gasteiger partial charge in [-0.3, -0.25) is 14.9 Å². The van der Waals surface area contributed by atoms with E-state index in [1.54, 1.807) is 0 Å². The van der Waals surface area contributed by atoms with Crippen LogP contribution in [0.5, 0.6) is 0 Å². The number of anilines is 1. The first-order chi connectivity index (χ1) is 10.7. The molecule has 5 nitrogen and oxygen atoms in total. The number of hydrogen-bond donors (Lipinski definition) is 1. The molecule has 0 radical (unpaired) electrons. The van der Waals surface area contributed by atoms with Gasteiger partial charge in [-0.05, 0) is 24.3 Å². The SMILES string of the molecule is O=C(Nc1ccc([N+](=O)[O-])c(C(F)(F)F)c1)c1ccccc1F. The van der Waals surface area contributed by atoms with Gasteiger partial charge in [0.15, 0.2) is 0 Å². The molecule has 0 aromatic heterocycles. The number of halogens is 4. The van der Waals surface area contributed by atoms with Crippen LogP contribution in [0.3, 0.4) is 0 Å². The second-order valence-electron chi connectivity index (χ2n) is 4.42. The van der Waals surface area contributed by atoms with Crippen molar-refractivity contribution in [1.82, 2.24) is 0 Å². The Morgan fingerprint density at radius 1 is 1.13 bits per heavy atom. The van der Waals surface area contributed by atoms with E-state index in [9.17, 15) is 32.5 Å². The maximum absolute atomic E-state index is 13.5. The molecular weight excluding hydrogens is 320 g/mol. The molecule has 0 unspecified atom stereocenters. The topological polar surface area (TPSA) is 72.2 Å². The predicted molar refractivity (Wildman–Crippen MR) is 72.5 cm³/mol. The van der Waals surface area contributed by atoms with Crippen LogP contribution in [0, 0.1) is 15.9 Å². The Labute approximate surface area is 126 Å². The average Bonchev–Trinajstić information content (AvgIpc) is 2.46. The number of rotatable bonds is 3. The highest BCUT2D eigenvalue weighted by Gasteiger charge is 2.38. The van der Waals surface area contributed by atoms with Gasteiger partial charge in [-0.1, -0.05) is 12.1 Å². The van der Waals surface area contributed by atoms with Crippen LogP contribution in [-0.4, -0.2) is 10.8 Å². The van der Waals surface area contributed by atoms with Gasteiger partial charge in [0.25, 0.3) is 11.6 Å². The number of amides is 1. The maximum Gasteiger partial charge on any atom is 0.423 e. The summed E-state index contributed by atoms with van der Waals surface area (Å²) in [6.07, 6.45) is -4.97. The molecule has 2 aromatic carbocycles. The van der Waals surface area contributed by atoms with Crippen LogP contribution in [-0.2, 0) is 6.18 Å². The monoisotopic (exact) mass is 328 g/mol.